The summed E-state index contributed by atoms with van der Waals surface area (Å²) in [6.07, 6.45) is 4.19. The van der Waals surface area contributed by atoms with E-state index >= 15 is 0 Å². The largest absolute Gasteiger partial charge is 0.396 e. The van der Waals surface area contributed by atoms with E-state index in [1.165, 1.54) is 6.42 Å². The van der Waals surface area contributed by atoms with E-state index < -0.39 is 0 Å². The first-order valence-electron chi connectivity index (χ1n) is 7.12. The predicted molar refractivity (Wildman–Crippen MR) is 77.5 cm³/mol. The van der Waals surface area contributed by atoms with Gasteiger partial charge in [-0.3, -0.25) is 0 Å². The molecule has 1 fully saturated rings. The summed E-state index contributed by atoms with van der Waals surface area (Å²) in [6.45, 7) is 4.33. The van der Waals surface area contributed by atoms with E-state index in [0.717, 1.165) is 42.3 Å². The van der Waals surface area contributed by atoms with Gasteiger partial charge in [-0.1, -0.05) is 13.3 Å². The molecule has 1 aromatic heterocycles. The van der Waals surface area contributed by atoms with Crippen LogP contribution in [0.3, 0.4) is 0 Å². The molecule has 1 aliphatic carbocycles. The average molecular weight is 264 g/mol. The first kappa shape index (κ1) is 14.1. The second-order valence-corrected chi connectivity index (χ2v) is 5.19. The van der Waals surface area contributed by atoms with Gasteiger partial charge < -0.3 is 15.7 Å². The van der Waals surface area contributed by atoms with Gasteiger partial charge in [-0.2, -0.15) is 0 Å². The van der Waals surface area contributed by atoms with Gasteiger partial charge >= 0.3 is 0 Å². The fourth-order valence-corrected chi connectivity index (χ4v) is 2.73. The third kappa shape index (κ3) is 2.97. The van der Waals surface area contributed by atoms with Crippen LogP contribution in [0, 0.1) is 12.8 Å². The SMILES string of the molecule is CCc1nc(NC)c(C)c(NC2CCCC2CO)n1. The summed E-state index contributed by atoms with van der Waals surface area (Å²) in [5.41, 5.74) is 1.04. The third-order valence-electron chi connectivity index (χ3n) is 3.96. The molecule has 0 aliphatic heterocycles. The lowest BCUT2D eigenvalue weighted by Crippen LogP contribution is -2.27. The van der Waals surface area contributed by atoms with Crippen molar-refractivity contribution in [3.8, 4) is 0 Å². The molecule has 0 amide bonds. The molecule has 2 unspecified atom stereocenters. The standard InChI is InChI=1S/C14H24N4O/c1-4-12-17-13(15-3)9(2)14(18-12)16-11-7-5-6-10(11)8-19/h10-11,19H,4-8H2,1-3H3,(H2,15,16,17,18). The fraction of sp³-hybridized carbons (Fsp3) is 0.714. The van der Waals surface area contributed by atoms with Crippen molar-refractivity contribution in [2.24, 2.45) is 5.92 Å². The number of nitrogens with zero attached hydrogens (tertiary/aromatic N) is 2. The van der Waals surface area contributed by atoms with Crippen LogP contribution in [0.5, 0.6) is 0 Å². The van der Waals surface area contributed by atoms with E-state index in [1.807, 2.05) is 14.0 Å². The van der Waals surface area contributed by atoms with Crippen LogP contribution in [0.15, 0.2) is 0 Å². The Hall–Kier alpha value is -1.36. The van der Waals surface area contributed by atoms with Crippen LogP contribution in [0.1, 0.15) is 37.6 Å². The number of hydrogen-bond donors (Lipinski definition) is 3. The lowest BCUT2D eigenvalue weighted by atomic mass is 10.0. The molecule has 0 saturated heterocycles. The van der Waals surface area contributed by atoms with Crippen LogP contribution in [0.2, 0.25) is 0 Å². The zero-order chi connectivity index (χ0) is 13.8. The summed E-state index contributed by atoms with van der Waals surface area (Å²) in [6, 6.07) is 0.327. The highest BCUT2D eigenvalue weighted by atomic mass is 16.3. The van der Waals surface area contributed by atoms with Crippen molar-refractivity contribution >= 4 is 11.6 Å². The van der Waals surface area contributed by atoms with E-state index in [4.69, 9.17) is 0 Å². The maximum absolute atomic E-state index is 9.40. The van der Waals surface area contributed by atoms with E-state index in [2.05, 4.69) is 27.5 Å². The molecule has 2 rings (SSSR count). The number of anilines is 2. The van der Waals surface area contributed by atoms with E-state index in [9.17, 15) is 5.11 Å². The molecule has 5 nitrogen and oxygen atoms in total. The minimum Gasteiger partial charge on any atom is -0.396 e. The Morgan fingerprint density at radius 1 is 1.26 bits per heavy atom. The molecule has 0 aromatic carbocycles. The molecule has 106 valence electrons. The maximum Gasteiger partial charge on any atom is 0.135 e. The van der Waals surface area contributed by atoms with Gasteiger partial charge in [0.2, 0.25) is 0 Å². The van der Waals surface area contributed by atoms with Gasteiger partial charge in [0, 0.05) is 37.6 Å². The topological polar surface area (TPSA) is 70.1 Å². The van der Waals surface area contributed by atoms with Crippen molar-refractivity contribution in [3.05, 3.63) is 11.4 Å². The number of hydrogen-bond acceptors (Lipinski definition) is 5. The quantitative estimate of drug-likeness (QED) is 0.758. The minimum absolute atomic E-state index is 0.251. The van der Waals surface area contributed by atoms with E-state index in [0.29, 0.717) is 12.0 Å². The zero-order valence-corrected chi connectivity index (χ0v) is 12.0. The third-order valence-corrected chi connectivity index (χ3v) is 3.96. The van der Waals surface area contributed by atoms with Crippen LogP contribution < -0.4 is 10.6 Å². The molecule has 1 aromatic rings. The van der Waals surface area contributed by atoms with Crippen molar-refractivity contribution in [1.82, 2.24) is 9.97 Å². The molecule has 1 saturated carbocycles. The van der Waals surface area contributed by atoms with Crippen molar-refractivity contribution in [3.63, 3.8) is 0 Å². The van der Waals surface area contributed by atoms with Crippen LogP contribution in [-0.2, 0) is 6.42 Å². The van der Waals surface area contributed by atoms with E-state index in [-0.39, 0.29) is 6.61 Å². The van der Waals surface area contributed by atoms with Gasteiger partial charge in [0.25, 0.3) is 0 Å². The highest BCUT2D eigenvalue weighted by Crippen LogP contribution is 2.29. The van der Waals surface area contributed by atoms with Crippen molar-refractivity contribution in [2.45, 2.75) is 45.6 Å². The second-order valence-electron chi connectivity index (χ2n) is 5.19. The summed E-state index contributed by atoms with van der Waals surface area (Å²) < 4.78 is 0. The molecule has 1 aliphatic rings. The molecular weight excluding hydrogens is 240 g/mol. The van der Waals surface area contributed by atoms with Gasteiger partial charge in [0.15, 0.2) is 0 Å². The Bertz CT molecular complexity index is 436. The average Bonchev–Trinajstić information content (AvgIpc) is 2.88. The fourth-order valence-electron chi connectivity index (χ4n) is 2.73. The Morgan fingerprint density at radius 2 is 2.00 bits per heavy atom. The summed E-state index contributed by atoms with van der Waals surface area (Å²) in [5, 5.41) is 16.0. The predicted octanol–water partition coefficient (Wildman–Crippen LogP) is 1.96. The summed E-state index contributed by atoms with van der Waals surface area (Å²) in [4.78, 5) is 9.06. The maximum atomic E-state index is 9.40. The zero-order valence-electron chi connectivity index (χ0n) is 12.0. The van der Waals surface area contributed by atoms with Gasteiger partial charge in [0.05, 0.1) is 0 Å². The Morgan fingerprint density at radius 3 is 2.63 bits per heavy atom. The van der Waals surface area contributed by atoms with E-state index in [1.54, 1.807) is 0 Å². The molecular formula is C14H24N4O. The first-order valence-corrected chi connectivity index (χ1v) is 7.12. The Kier molecular flexibility index (Phi) is 4.58. The lowest BCUT2D eigenvalue weighted by molar-refractivity contribution is 0.222. The van der Waals surface area contributed by atoms with Crippen LogP contribution in [0.25, 0.3) is 0 Å². The lowest BCUT2D eigenvalue weighted by Gasteiger charge is -2.22. The molecule has 0 bridgehead atoms. The van der Waals surface area contributed by atoms with Crippen LogP contribution in [0.4, 0.5) is 11.6 Å². The normalized spacial score (nSPS) is 22.5. The number of rotatable bonds is 5. The summed E-state index contributed by atoms with van der Waals surface area (Å²) in [7, 11) is 1.88. The van der Waals surface area contributed by atoms with Crippen LogP contribution >= 0.6 is 0 Å². The Balaban J connectivity index is 2.23. The van der Waals surface area contributed by atoms with Crippen molar-refractivity contribution in [2.75, 3.05) is 24.3 Å². The van der Waals surface area contributed by atoms with Crippen LogP contribution in [-0.4, -0.2) is 34.8 Å². The molecule has 0 radical (unpaired) electrons. The number of nitrogens with one attached hydrogen (secondary N) is 2. The van der Waals surface area contributed by atoms with Gasteiger partial charge in [0.1, 0.15) is 17.5 Å². The summed E-state index contributed by atoms with van der Waals surface area (Å²) >= 11 is 0. The summed E-state index contributed by atoms with van der Waals surface area (Å²) in [5.74, 6) is 2.97. The van der Waals surface area contributed by atoms with Crippen molar-refractivity contribution in [1.29, 1.82) is 0 Å². The molecule has 19 heavy (non-hydrogen) atoms. The smallest absolute Gasteiger partial charge is 0.135 e. The van der Waals surface area contributed by atoms with Crippen molar-refractivity contribution < 1.29 is 5.11 Å². The molecule has 2 atom stereocenters. The Labute approximate surface area is 114 Å². The number of aliphatic hydroxyl groups excluding tert-OH is 1. The molecule has 3 N–H and O–H groups in total. The first-order chi connectivity index (χ1) is 9.19. The molecule has 5 heteroatoms. The highest BCUT2D eigenvalue weighted by molar-refractivity contribution is 5.57. The monoisotopic (exact) mass is 264 g/mol. The number of aliphatic hydroxyl groups is 1. The van der Waals surface area contributed by atoms with Gasteiger partial charge in [-0.05, 0) is 19.8 Å². The molecule has 0 spiro atoms. The minimum atomic E-state index is 0.251. The second kappa shape index (κ2) is 6.19. The highest BCUT2D eigenvalue weighted by Gasteiger charge is 2.27. The number of aryl methyl sites for hydroxylation is 1. The van der Waals surface area contributed by atoms with Gasteiger partial charge in [-0.25, -0.2) is 9.97 Å². The number of aromatic nitrogens is 2. The molecule has 1 heterocycles. The van der Waals surface area contributed by atoms with Gasteiger partial charge in [-0.15, -0.1) is 0 Å².